The highest BCUT2D eigenvalue weighted by Gasteiger charge is 2.36. The van der Waals surface area contributed by atoms with Crippen LogP contribution in [0.4, 0.5) is 4.39 Å². The van der Waals surface area contributed by atoms with Crippen LogP contribution in [0, 0.1) is 11.7 Å². The second-order valence-corrected chi connectivity index (χ2v) is 8.55. The zero-order valence-corrected chi connectivity index (χ0v) is 18.1. The number of carbonyl (C=O) groups is 2. The third-order valence-corrected chi connectivity index (χ3v) is 6.21. The van der Waals surface area contributed by atoms with Crippen LogP contribution in [-0.4, -0.2) is 47.8 Å². The van der Waals surface area contributed by atoms with Gasteiger partial charge >= 0.3 is 0 Å². The van der Waals surface area contributed by atoms with E-state index in [0.717, 1.165) is 31.6 Å². The Morgan fingerprint density at radius 1 is 1.16 bits per heavy atom. The van der Waals surface area contributed by atoms with Gasteiger partial charge in [-0.2, -0.15) is 0 Å². The van der Waals surface area contributed by atoms with E-state index in [1.807, 2.05) is 36.5 Å². The van der Waals surface area contributed by atoms with Gasteiger partial charge in [0.15, 0.2) is 0 Å². The van der Waals surface area contributed by atoms with Crippen molar-refractivity contribution in [2.75, 3.05) is 26.2 Å². The molecule has 2 amide bonds. The molecule has 2 atom stereocenters. The summed E-state index contributed by atoms with van der Waals surface area (Å²) in [5.74, 6) is -0.799. The van der Waals surface area contributed by atoms with E-state index in [2.05, 4.69) is 10.2 Å². The first-order chi connectivity index (χ1) is 14.9. The predicted molar refractivity (Wildman–Crippen MR) is 118 cm³/mol. The minimum atomic E-state index is -0.598. The van der Waals surface area contributed by atoms with Gasteiger partial charge in [-0.1, -0.05) is 48.0 Å². The van der Waals surface area contributed by atoms with Crippen LogP contribution in [0.1, 0.15) is 35.3 Å². The van der Waals surface area contributed by atoms with Crippen molar-refractivity contribution in [2.45, 2.75) is 19.4 Å². The highest BCUT2D eigenvalue weighted by Crippen LogP contribution is 2.32. The van der Waals surface area contributed by atoms with E-state index in [1.54, 1.807) is 4.90 Å². The number of carbonyl (C=O) groups excluding carboxylic acids is 2. The van der Waals surface area contributed by atoms with Crippen LogP contribution in [0.5, 0.6) is 0 Å². The van der Waals surface area contributed by atoms with Crippen molar-refractivity contribution >= 4 is 23.4 Å². The number of amides is 2. The SMILES string of the molecule is CC(=O)N[C@@H](CCN1CC2=CN(C(=O)c3c(F)cccc3Cl)CC2C1)c1ccccc1. The van der Waals surface area contributed by atoms with Gasteiger partial charge in [-0.25, -0.2) is 4.39 Å². The number of halogens is 2. The van der Waals surface area contributed by atoms with Gasteiger partial charge in [-0.3, -0.25) is 14.5 Å². The molecule has 0 aromatic heterocycles. The minimum Gasteiger partial charge on any atom is -0.349 e. The smallest absolute Gasteiger partial charge is 0.262 e. The Morgan fingerprint density at radius 2 is 1.94 bits per heavy atom. The van der Waals surface area contributed by atoms with Crippen molar-refractivity contribution in [3.63, 3.8) is 0 Å². The molecule has 2 aliphatic heterocycles. The Hall–Kier alpha value is -2.70. The predicted octanol–water partition coefficient (Wildman–Crippen LogP) is 4.02. The van der Waals surface area contributed by atoms with Gasteiger partial charge in [0.2, 0.25) is 5.91 Å². The molecular formula is C24H25ClFN3O2. The lowest BCUT2D eigenvalue weighted by Crippen LogP contribution is -2.33. The Kier molecular flexibility index (Phi) is 6.39. The van der Waals surface area contributed by atoms with Gasteiger partial charge in [0.25, 0.3) is 5.91 Å². The van der Waals surface area contributed by atoms with E-state index >= 15 is 0 Å². The lowest BCUT2D eigenvalue weighted by Gasteiger charge is -2.23. The molecule has 7 heteroatoms. The Morgan fingerprint density at radius 3 is 2.61 bits per heavy atom. The molecular weight excluding hydrogens is 417 g/mol. The number of nitrogens with zero attached hydrogens (tertiary/aromatic N) is 2. The first-order valence-electron chi connectivity index (χ1n) is 10.4. The summed E-state index contributed by atoms with van der Waals surface area (Å²) in [6, 6.07) is 14.2. The van der Waals surface area contributed by atoms with Gasteiger partial charge < -0.3 is 10.2 Å². The van der Waals surface area contributed by atoms with Crippen molar-refractivity contribution in [3.8, 4) is 0 Å². The topological polar surface area (TPSA) is 52.7 Å². The van der Waals surface area contributed by atoms with Crippen LogP contribution in [0.3, 0.4) is 0 Å². The van der Waals surface area contributed by atoms with Crippen molar-refractivity contribution in [1.82, 2.24) is 15.1 Å². The molecule has 2 aromatic rings. The number of benzene rings is 2. The molecule has 2 heterocycles. The molecule has 0 spiro atoms. The number of hydrogen-bond donors (Lipinski definition) is 1. The van der Waals surface area contributed by atoms with E-state index in [-0.39, 0.29) is 28.5 Å². The monoisotopic (exact) mass is 441 g/mol. The fourth-order valence-corrected chi connectivity index (χ4v) is 4.66. The summed E-state index contributed by atoms with van der Waals surface area (Å²) in [5.41, 5.74) is 2.20. The van der Waals surface area contributed by atoms with E-state index in [9.17, 15) is 14.0 Å². The molecule has 0 saturated carbocycles. The fraction of sp³-hybridized carbons (Fsp3) is 0.333. The number of likely N-dealkylation sites (tertiary alicyclic amines) is 1. The van der Waals surface area contributed by atoms with Gasteiger partial charge in [0.05, 0.1) is 16.6 Å². The number of hydrogen-bond acceptors (Lipinski definition) is 3. The van der Waals surface area contributed by atoms with E-state index in [0.29, 0.717) is 6.54 Å². The van der Waals surface area contributed by atoms with Gasteiger partial charge in [0, 0.05) is 45.2 Å². The molecule has 2 aliphatic rings. The summed E-state index contributed by atoms with van der Waals surface area (Å²) >= 11 is 6.06. The lowest BCUT2D eigenvalue weighted by atomic mass is 10.0. The Labute approximate surface area is 186 Å². The minimum absolute atomic E-state index is 0.0330. The van der Waals surface area contributed by atoms with Gasteiger partial charge in [0.1, 0.15) is 5.82 Å². The van der Waals surface area contributed by atoms with Crippen LogP contribution in [0.15, 0.2) is 60.3 Å². The summed E-state index contributed by atoms with van der Waals surface area (Å²) in [4.78, 5) is 28.3. The molecule has 1 N–H and O–H groups in total. The normalized spacial score (nSPS) is 19.1. The highest BCUT2D eigenvalue weighted by atomic mass is 35.5. The van der Waals surface area contributed by atoms with Crippen molar-refractivity contribution < 1.29 is 14.0 Å². The van der Waals surface area contributed by atoms with Crippen LogP contribution >= 0.6 is 11.6 Å². The molecule has 0 bridgehead atoms. The lowest BCUT2D eigenvalue weighted by molar-refractivity contribution is -0.119. The van der Waals surface area contributed by atoms with Crippen LogP contribution in [0.2, 0.25) is 5.02 Å². The molecule has 2 aromatic carbocycles. The quantitative estimate of drug-likeness (QED) is 0.736. The maximum atomic E-state index is 14.1. The fourth-order valence-electron chi connectivity index (χ4n) is 4.41. The van der Waals surface area contributed by atoms with Crippen LogP contribution < -0.4 is 5.32 Å². The van der Waals surface area contributed by atoms with Crippen molar-refractivity contribution in [2.24, 2.45) is 5.92 Å². The summed E-state index contributed by atoms with van der Waals surface area (Å²) in [6.45, 7) is 4.50. The summed E-state index contributed by atoms with van der Waals surface area (Å²) in [5, 5.41) is 3.17. The first kappa shape index (κ1) is 21.5. The van der Waals surface area contributed by atoms with E-state index in [4.69, 9.17) is 11.6 Å². The highest BCUT2D eigenvalue weighted by molar-refractivity contribution is 6.33. The molecule has 0 radical (unpaired) electrons. The Balaban J connectivity index is 1.38. The Bertz CT molecular complexity index is 991. The van der Waals surface area contributed by atoms with E-state index in [1.165, 1.54) is 30.7 Å². The molecule has 4 rings (SSSR count). The number of rotatable bonds is 6. The summed E-state index contributed by atoms with van der Waals surface area (Å²) < 4.78 is 14.1. The summed E-state index contributed by atoms with van der Waals surface area (Å²) in [6.07, 6.45) is 2.65. The van der Waals surface area contributed by atoms with Crippen LogP contribution in [-0.2, 0) is 4.79 Å². The number of nitrogens with one attached hydrogen (secondary N) is 1. The largest absolute Gasteiger partial charge is 0.349 e. The first-order valence-corrected chi connectivity index (χ1v) is 10.8. The molecule has 0 aliphatic carbocycles. The van der Waals surface area contributed by atoms with Gasteiger partial charge in [-0.15, -0.1) is 0 Å². The molecule has 1 fully saturated rings. The second kappa shape index (κ2) is 9.20. The third-order valence-electron chi connectivity index (χ3n) is 5.90. The van der Waals surface area contributed by atoms with Gasteiger partial charge in [-0.05, 0) is 29.7 Å². The third kappa shape index (κ3) is 4.81. The zero-order chi connectivity index (χ0) is 22.0. The molecule has 5 nitrogen and oxygen atoms in total. The maximum absolute atomic E-state index is 14.1. The maximum Gasteiger partial charge on any atom is 0.262 e. The molecule has 31 heavy (non-hydrogen) atoms. The standard InChI is InChI=1S/C24H25ClFN3O2/c1-16(30)27-22(17-6-3-2-4-7-17)10-11-28-12-18-14-29(15-19(18)13-28)24(31)23-20(25)8-5-9-21(23)26/h2-9,14,19,22H,10-13,15H2,1H3,(H,27,30)/t19?,22-/m0/s1. The van der Waals surface area contributed by atoms with Crippen LogP contribution in [0.25, 0.3) is 0 Å². The molecule has 162 valence electrons. The molecule has 1 unspecified atom stereocenters. The zero-order valence-electron chi connectivity index (χ0n) is 17.4. The summed E-state index contributed by atoms with van der Waals surface area (Å²) in [7, 11) is 0. The average Bonchev–Trinajstić information content (AvgIpc) is 3.30. The second-order valence-electron chi connectivity index (χ2n) is 8.14. The van der Waals surface area contributed by atoms with Crippen molar-refractivity contribution in [3.05, 3.63) is 82.3 Å². The average molecular weight is 442 g/mol. The van der Waals surface area contributed by atoms with E-state index < -0.39 is 11.7 Å². The van der Waals surface area contributed by atoms with Crippen molar-refractivity contribution in [1.29, 1.82) is 0 Å². The number of fused-ring (bicyclic) bond motifs is 1. The molecule has 1 saturated heterocycles.